The Kier molecular flexibility index (Phi) is 6.24. The van der Waals surface area contributed by atoms with Crippen LogP contribution in [0.5, 0.6) is 0 Å². The molecule has 8 nitrogen and oxygen atoms in total. The maximum Gasteiger partial charge on any atom is 0.422 e. The van der Waals surface area contributed by atoms with Gasteiger partial charge < -0.3 is 15.0 Å². The first kappa shape index (κ1) is 20.5. The number of carbonyl (C=O) groups is 2. The van der Waals surface area contributed by atoms with Crippen LogP contribution in [-0.4, -0.2) is 47.7 Å². The highest BCUT2D eigenvalue weighted by Gasteiger charge is 2.33. The number of ether oxygens (including phenoxy) is 1. The fourth-order valence-electron chi connectivity index (χ4n) is 2.65. The third-order valence-corrected chi connectivity index (χ3v) is 4.17. The largest absolute Gasteiger partial charge is 0.440 e. The van der Waals surface area contributed by atoms with Crippen LogP contribution in [0.25, 0.3) is 0 Å². The van der Waals surface area contributed by atoms with Crippen molar-refractivity contribution >= 4 is 23.4 Å². The Bertz CT molecular complexity index is 731. The number of nitrogens with zero attached hydrogens (tertiary/aromatic N) is 2. The van der Waals surface area contributed by atoms with Crippen molar-refractivity contribution in [3.63, 3.8) is 0 Å². The Morgan fingerprint density at radius 1 is 1.33 bits per heavy atom. The zero-order valence-corrected chi connectivity index (χ0v) is 14.4. The number of likely N-dealkylation sites (tertiary alicyclic amines) is 1. The molecule has 1 aliphatic rings. The van der Waals surface area contributed by atoms with Crippen LogP contribution in [-0.2, 0) is 9.53 Å². The van der Waals surface area contributed by atoms with Gasteiger partial charge in [-0.15, -0.1) is 0 Å². The van der Waals surface area contributed by atoms with Gasteiger partial charge in [0.1, 0.15) is 0 Å². The summed E-state index contributed by atoms with van der Waals surface area (Å²) in [5.74, 6) is -0.822. The average Bonchev–Trinajstić information content (AvgIpc) is 2.60. The van der Waals surface area contributed by atoms with E-state index in [-0.39, 0.29) is 37.5 Å². The monoisotopic (exact) mass is 389 g/mol. The van der Waals surface area contributed by atoms with Crippen LogP contribution in [0.2, 0.25) is 0 Å². The minimum Gasteiger partial charge on any atom is -0.440 e. The molecular formula is C16H18F3N3O5. The highest BCUT2D eigenvalue weighted by atomic mass is 19.4. The number of amides is 2. The Morgan fingerprint density at radius 2 is 1.96 bits per heavy atom. The van der Waals surface area contributed by atoms with E-state index in [1.165, 1.54) is 18.2 Å². The summed E-state index contributed by atoms with van der Waals surface area (Å²) in [7, 11) is 0. The van der Waals surface area contributed by atoms with E-state index < -0.39 is 29.7 Å². The zero-order chi connectivity index (χ0) is 20.2. The summed E-state index contributed by atoms with van der Waals surface area (Å²) in [5, 5.41) is 13.5. The quantitative estimate of drug-likeness (QED) is 0.629. The summed E-state index contributed by atoms with van der Waals surface area (Å²) in [6.45, 7) is 0.211. The van der Waals surface area contributed by atoms with Crippen molar-refractivity contribution in [3.8, 4) is 0 Å². The summed E-state index contributed by atoms with van der Waals surface area (Å²) in [6, 6.07) is 4.11. The zero-order valence-electron chi connectivity index (χ0n) is 14.4. The van der Waals surface area contributed by atoms with Crippen molar-refractivity contribution in [2.75, 3.05) is 25.0 Å². The number of piperidine rings is 1. The number of nitro groups is 1. The van der Waals surface area contributed by atoms with Crippen LogP contribution in [0, 0.1) is 23.0 Å². The lowest BCUT2D eigenvalue weighted by atomic mass is 9.96. The van der Waals surface area contributed by atoms with E-state index in [0.717, 1.165) is 4.90 Å². The molecule has 0 aliphatic carbocycles. The van der Waals surface area contributed by atoms with Crippen molar-refractivity contribution in [1.29, 1.82) is 0 Å². The van der Waals surface area contributed by atoms with Crippen molar-refractivity contribution in [1.82, 2.24) is 4.90 Å². The maximum atomic E-state index is 12.4. The van der Waals surface area contributed by atoms with Gasteiger partial charge in [-0.1, -0.05) is 6.07 Å². The summed E-state index contributed by atoms with van der Waals surface area (Å²) in [4.78, 5) is 35.4. The number of anilines is 1. The van der Waals surface area contributed by atoms with Crippen molar-refractivity contribution in [2.45, 2.75) is 25.9 Å². The van der Waals surface area contributed by atoms with Crippen LogP contribution >= 0.6 is 0 Å². The molecule has 148 valence electrons. The Morgan fingerprint density at radius 3 is 2.52 bits per heavy atom. The lowest BCUT2D eigenvalue weighted by Gasteiger charge is -2.30. The number of non-ortho nitro benzene ring substituents is 1. The fraction of sp³-hybridized carbons (Fsp3) is 0.500. The molecule has 1 saturated heterocycles. The highest BCUT2D eigenvalue weighted by Crippen LogP contribution is 2.25. The van der Waals surface area contributed by atoms with Gasteiger partial charge >= 0.3 is 12.3 Å². The van der Waals surface area contributed by atoms with Gasteiger partial charge in [0.05, 0.1) is 10.6 Å². The van der Waals surface area contributed by atoms with Crippen LogP contribution < -0.4 is 5.32 Å². The van der Waals surface area contributed by atoms with E-state index in [0.29, 0.717) is 11.3 Å². The van der Waals surface area contributed by atoms with Gasteiger partial charge in [-0.05, 0) is 25.3 Å². The third kappa shape index (κ3) is 5.83. The molecule has 0 unspecified atom stereocenters. The van der Waals surface area contributed by atoms with Crippen LogP contribution in [0.4, 0.5) is 29.3 Å². The third-order valence-electron chi connectivity index (χ3n) is 4.17. The van der Waals surface area contributed by atoms with Gasteiger partial charge in [-0.2, -0.15) is 13.2 Å². The number of alkyl halides is 3. The molecule has 1 N–H and O–H groups in total. The van der Waals surface area contributed by atoms with Crippen LogP contribution in [0.15, 0.2) is 18.2 Å². The number of hydrogen-bond acceptors (Lipinski definition) is 5. The Labute approximate surface area is 152 Å². The standard InChI is InChI=1S/C16H18F3N3O5/c1-10-2-3-12(22(25)26)8-13(10)20-14(23)11-4-6-21(7-5-11)15(24)27-9-16(17,18)19/h2-3,8,11H,4-7,9H2,1H3,(H,20,23). The molecule has 0 atom stereocenters. The Hall–Kier alpha value is -2.85. The SMILES string of the molecule is Cc1ccc([N+](=O)[O-])cc1NC(=O)C1CCN(C(=O)OCC(F)(F)F)CC1. The summed E-state index contributed by atoms with van der Waals surface area (Å²) >= 11 is 0. The van der Waals surface area contributed by atoms with E-state index in [1.54, 1.807) is 6.92 Å². The van der Waals surface area contributed by atoms with Crippen LogP contribution in [0.1, 0.15) is 18.4 Å². The lowest BCUT2D eigenvalue weighted by Crippen LogP contribution is -2.42. The maximum absolute atomic E-state index is 12.4. The average molecular weight is 389 g/mol. The second-order valence-electron chi connectivity index (χ2n) is 6.18. The molecule has 0 aromatic heterocycles. The molecule has 0 bridgehead atoms. The number of nitro benzene ring substituents is 1. The van der Waals surface area contributed by atoms with Gasteiger partial charge in [-0.25, -0.2) is 4.79 Å². The predicted molar refractivity (Wildman–Crippen MR) is 88.2 cm³/mol. The van der Waals surface area contributed by atoms with Crippen molar-refractivity contribution in [2.24, 2.45) is 5.92 Å². The van der Waals surface area contributed by atoms with Crippen molar-refractivity contribution < 1.29 is 32.4 Å². The molecular weight excluding hydrogens is 371 g/mol. The normalized spacial score (nSPS) is 15.3. The number of hydrogen-bond donors (Lipinski definition) is 1. The number of halogens is 3. The minimum atomic E-state index is -4.59. The molecule has 2 amide bonds. The molecule has 27 heavy (non-hydrogen) atoms. The smallest absolute Gasteiger partial charge is 0.422 e. The molecule has 2 rings (SSSR count). The van der Waals surface area contributed by atoms with E-state index >= 15 is 0 Å². The molecule has 1 aromatic carbocycles. The highest BCUT2D eigenvalue weighted by molar-refractivity contribution is 5.93. The number of carbonyl (C=O) groups excluding carboxylic acids is 2. The molecule has 1 aromatic rings. The predicted octanol–water partition coefficient (Wildman–Crippen LogP) is 3.25. The number of benzene rings is 1. The van der Waals surface area contributed by atoms with Gasteiger partial charge in [0.25, 0.3) is 5.69 Å². The van der Waals surface area contributed by atoms with Crippen molar-refractivity contribution in [3.05, 3.63) is 33.9 Å². The first-order valence-electron chi connectivity index (χ1n) is 8.11. The van der Waals surface area contributed by atoms with E-state index in [2.05, 4.69) is 10.1 Å². The van der Waals surface area contributed by atoms with Gasteiger partial charge in [0.2, 0.25) is 5.91 Å². The molecule has 0 radical (unpaired) electrons. The second kappa shape index (κ2) is 8.23. The fourth-order valence-corrected chi connectivity index (χ4v) is 2.65. The molecule has 11 heteroatoms. The molecule has 1 aliphatic heterocycles. The van der Waals surface area contributed by atoms with Crippen LogP contribution in [0.3, 0.4) is 0 Å². The number of aryl methyl sites for hydroxylation is 1. The van der Waals surface area contributed by atoms with E-state index in [9.17, 15) is 32.9 Å². The minimum absolute atomic E-state index is 0.0860. The topological polar surface area (TPSA) is 102 Å². The van der Waals surface area contributed by atoms with Gasteiger partial charge in [0.15, 0.2) is 6.61 Å². The van der Waals surface area contributed by atoms with Gasteiger partial charge in [-0.3, -0.25) is 14.9 Å². The molecule has 1 fully saturated rings. The number of rotatable bonds is 4. The summed E-state index contributed by atoms with van der Waals surface area (Å²) < 4.78 is 40.4. The first-order chi connectivity index (χ1) is 12.6. The van der Waals surface area contributed by atoms with Gasteiger partial charge in [0, 0.05) is 31.1 Å². The summed E-state index contributed by atoms with van der Waals surface area (Å²) in [6.07, 6.45) is -5.16. The molecule has 0 spiro atoms. The summed E-state index contributed by atoms with van der Waals surface area (Å²) in [5.41, 5.74) is 0.821. The molecule has 0 saturated carbocycles. The lowest BCUT2D eigenvalue weighted by molar-refractivity contribution is -0.384. The van der Waals surface area contributed by atoms with E-state index in [4.69, 9.17) is 0 Å². The number of nitrogens with one attached hydrogen (secondary N) is 1. The first-order valence-corrected chi connectivity index (χ1v) is 8.11. The second-order valence-corrected chi connectivity index (χ2v) is 6.18. The molecule has 1 heterocycles. The Balaban J connectivity index is 1.89. The van der Waals surface area contributed by atoms with E-state index in [1.807, 2.05) is 0 Å².